The maximum Gasteiger partial charge on any atom is 0.393 e. The van der Waals surface area contributed by atoms with Crippen LogP contribution in [0.5, 0.6) is 0 Å². The molecule has 0 amide bonds. The van der Waals surface area contributed by atoms with E-state index in [-0.39, 0.29) is 23.5 Å². The SMILES string of the molecule is CNS(=O)(=O)c1ccc(N2CCC[C@H](C(F)(F)F)C2)c(F)c1. The zero-order chi connectivity index (χ0) is 16.5. The molecule has 1 heterocycles. The number of benzene rings is 1. The number of hydrogen-bond donors (Lipinski definition) is 1. The van der Waals surface area contributed by atoms with Crippen molar-refractivity contribution in [3.05, 3.63) is 24.0 Å². The molecule has 1 N–H and O–H groups in total. The lowest BCUT2D eigenvalue weighted by molar-refractivity contribution is -0.176. The highest BCUT2D eigenvalue weighted by atomic mass is 32.2. The highest BCUT2D eigenvalue weighted by Crippen LogP contribution is 2.35. The highest BCUT2D eigenvalue weighted by Gasteiger charge is 2.42. The lowest BCUT2D eigenvalue weighted by Gasteiger charge is -2.35. The molecule has 0 spiro atoms. The van der Waals surface area contributed by atoms with Crippen LogP contribution in [0.15, 0.2) is 23.1 Å². The van der Waals surface area contributed by atoms with Crippen LogP contribution in [-0.2, 0) is 10.0 Å². The first-order valence-corrected chi connectivity index (χ1v) is 8.18. The fraction of sp³-hybridized carbons (Fsp3) is 0.538. The lowest BCUT2D eigenvalue weighted by Crippen LogP contribution is -2.42. The van der Waals surface area contributed by atoms with Crippen LogP contribution in [-0.4, -0.2) is 34.7 Å². The topological polar surface area (TPSA) is 49.4 Å². The molecule has 9 heteroatoms. The van der Waals surface area contributed by atoms with E-state index >= 15 is 0 Å². The molecule has 1 aromatic rings. The summed E-state index contributed by atoms with van der Waals surface area (Å²) in [7, 11) is -2.60. The quantitative estimate of drug-likeness (QED) is 0.860. The molecular formula is C13H16F4N2O2S. The Morgan fingerprint density at radius 1 is 1.32 bits per heavy atom. The number of hydrogen-bond acceptors (Lipinski definition) is 3. The molecule has 124 valence electrons. The van der Waals surface area contributed by atoms with Gasteiger partial charge >= 0.3 is 6.18 Å². The molecule has 1 atom stereocenters. The van der Waals surface area contributed by atoms with Crippen molar-refractivity contribution in [2.75, 3.05) is 25.0 Å². The second-order valence-corrected chi connectivity index (χ2v) is 7.03. The van der Waals surface area contributed by atoms with E-state index in [9.17, 15) is 26.0 Å². The van der Waals surface area contributed by atoms with Crippen LogP contribution in [0.1, 0.15) is 12.8 Å². The van der Waals surface area contributed by atoms with Crippen molar-refractivity contribution in [3.63, 3.8) is 0 Å². The molecule has 1 fully saturated rings. The Bertz CT molecular complexity index is 646. The fourth-order valence-electron chi connectivity index (χ4n) is 2.49. The first kappa shape index (κ1) is 17.0. The molecule has 1 aliphatic rings. The van der Waals surface area contributed by atoms with E-state index in [4.69, 9.17) is 0 Å². The van der Waals surface area contributed by atoms with Crippen LogP contribution in [0.4, 0.5) is 23.2 Å². The maximum absolute atomic E-state index is 14.1. The first-order chi connectivity index (χ1) is 10.1. The predicted octanol–water partition coefficient (Wildman–Crippen LogP) is 2.51. The van der Waals surface area contributed by atoms with Gasteiger partial charge in [-0.05, 0) is 38.1 Å². The van der Waals surface area contributed by atoms with Crippen molar-refractivity contribution in [3.8, 4) is 0 Å². The third-order valence-electron chi connectivity index (χ3n) is 3.72. The molecule has 0 saturated carbocycles. The van der Waals surface area contributed by atoms with Crippen LogP contribution in [0.3, 0.4) is 0 Å². The summed E-state index contributed by atoms with van der Waals surface area (Å²) in [5.41, 5.74) is -0.0102. The fourth-order valence-corrected chi connectivity index (χ4v) is 3.23. The Morgan fingerprint density at radius 3 is 2.55 bits per heavy atom. The Kier molecular flexibility index (Phi) is 4.67. The second kappa shape index (κ2) is 6.04. The second-order valence-electron chi connectivity index (χ2n) is 5.15. The van der Waals surface area contributed by atoms with E-state index in [0.29, 0.717) is 13.0 Å². The number of alkyl halides is 3. The number of halogens is 4. The Hall–Kier alpha value is -1.35. The van der Waals surface area contributed by atoms with Crippen molar-refractivity contribution >= 4 is 15.7 Å². The Balaban J connectivity index is 2.26. The summed E-state index contributed by atoms with van der Waals surface area (Å²) in [6.07, 6.45) is -3.99. The van der Waals surface area contributed by atoms with Crippen molar-refractivity contribution in [2.45, 2.75) is 23.9 Å². The standard InChI is InChI=1S/C13H16F4N2O2S/c1-18-22(20,21)10-4-5-12(11(14)7-10)19-6-2-3-9(8-19)13(15,16)17/h4-5,7,9,18H,2-3,6,8H2,1H3/t9-/m0/s1. The minimum Gasteiger partial charge on any atom is -0.369 e. The van der Waals surface area contributed by atoms with Gasteiger partial charge in [0.25, 0.3) is 0 Å². The molecule has 0 aliphatic carbocycles. The summed E-state index contributed by atoms with van der Waals surface area (Å²) in [6.45, 7) is -0.0137. The third-order valence-corrected chi connectivity index (χ3v) is 5.14. The Morgan fingerprint density at radius 2 is 2.00 bits per heavy atom. The Labute approximate surface area is 126 Å². The van der Waals surface area contributed by atoms with Crippen molar-refractivity contribution in [1.82, 2.24) is 4.72 Å². The van der Waals surface area contributed by atoms with E-state index in [2.05, 4.69) is 4.72 Å². The predicted molar refractivity (Wildman–Crippen MR) is 73.6 cm³/mol. The molecular weight excluding hydrogens is 324 g/mol. The van der Waals surface area contributed by atoms with Gasteiger partial charge in [0.1, 0.15) is 5.82 Å². The van der Waals surface area contributed by atoms with Gasteiger partial charge in [-0.2, -0.15) is 13.2 Å². The normalized spacial score (nSPS) is 20.2. The minimum atomic E-state index is -4.31. The number of anilines is 1. The third kappa shape index (κ3) is 3.52. The summed E-state index contributed by atoms with van der Waals surface area (Å²) >= 11 is 0. The molecule has 1 saturated heterocycles. The van der Waals surface area contributed by atoms with Crippen LogP contribution in [0.25, 0.3) is 0 Å². The largest absolute Gasteiger partial charge is 0.393 e. The van der Waals surface area contributed by atoms with Gasteiger partial charge in [-0.3, -0.25) is 0 Å². The molecule has 1 aliphatic heterocycles. The van der Waals surface area contributed by atoms with Crippen molar-refractivity contribution in [1.29, 1.82) is 0 Å². The van der Waals surface area contributed by atoms with E-state index < -0.39 is 27.9 Å². The van der Waals surface area contributed by atoms with Crippen molar-refractivity contribution in [2.24, 2.45) is 5.92 Å². The van der Waals surface area contributed by atoms with Gasteiger partial charge in [-0.25, -0.2) is 17.5 Å². The number of nitrogens with one attached hydrogen (secondary N) is 1. The lowest BCUT2D eigenvalue weighted by atomic mass is 9.97. The zero-order valence-electron chi connectivity index (χ0n) is 11.8. The summed E-state index contributed by atoms with van der Waals surface area (Å²) < 4.78 is 77.7. The summed E-state index contributed by atoms with van der Waals surface area (Å²) in [5.74, 6) is -2.35. The molecule has 4 nitrogen and oxygen atoms in total. The van der Waals surface area contributed by atoms with Gasteiger partial charge in [-0.1, -0.05) is 0 Å². The van der Waals surface area contributed by atoms with Gasteiger partial charge in [0.05, 0.1) is 16.5 Å². The maximum atomic E-state index is 14.1. The van der Waals surface area contributed by atoms with Crippen LogP contribution >= 0.6 is 0 Å². The van der Waals surface area contributed by atoms with Crippen LogP contribution < -0.4 is 9.62 Å². The van der Waals surface area contributed by atoms with Gasteiger partial charge in [0.15, 0.2) is 0 Å². The van der Waals surface area contributed by atoms with Gasteiger partial charge in [0, 0.05) is 13.1 Å². The number of sulfonamides is 1. The van der Waals surface area contributed by atoms with E-state index in [0.717, 1.165) is 6.07 Å². The van der Waals surface area contributed by atoms with Gasteiger partial charge < -0.3 is 4.90 Å². The average Bonchev–Trinajstić information content (AvgIpc) is 2.46. The van der Waals surface area contributed by atoms with E-state index in [1.165, 1.54) is 24.1 Å². The molecule has 2 rings (SSSR count). The molecule has 22 heavy (non-hydrogen) atoms. The smallest absolute Gasteiger partial charge is 0.369 e. The molecule has 0 bridgehead atoms. The number of nitrogens with zero attached hydrogens (tertiary/aromatic N) is 1. The average molecular weight is 340 g/mol. The number of rotatable bonds is 3. The van der Waals surface area contributed by atoms with Crippen LogP contribution in [0, 0.1) is 11.7 Å². The highest BCUT2D eigenvalue weighted by molar-refractivity contribution is 7.89. The molecule has 1 aromatic carbocycles. The van der Waals surface area contributed by atoms with E-state index in [1.807, 2.05) is 0 Å². The molecule has 0 aromatic heterocycles. The van der Waals surface area contributed by atoms with Gasteiger partial charge in [0.2, 0.25) is 10.0 Å². The monoisotopic (exact) mass is 340 g/mol. The van der Waals surface area contributed by atoms with Gasteiger partial charge in [-0.15, -0.1) is 0 Å². The summed E-state index contributed by atoms with van der Waals surface area (Å²) in [4.78, 5) is 1.05. The summed E-state index contributed by atoms with van der Waals surface area (Å²) in [6, 6.07) is 3.21. The summed E-state index contributed by atoms with van der Waals surface area (Å²) in [5, 5.41) is 0. The number of piperidine rings is 1. The molecule has 0 unspecified atom stereocenters. The first-order valence-electron chi connectivity index (χ1n) is 6.70. The minimum absolute atomic E-state index is 0.0102. The van der Waals surface area contributed by atoms with E-state index in [1.54, 1.807) is 0 Å². The van der Waals surface area contributed by atoms with Crippen molar-refractivity contribution < 1.29 is 26.0 Å². The van der Waals surface area contributed by atoms with Crippen LogP contribution in [0.2, 0.25) is 0 Å². The zero-order valence-corrected chi connectivity index (χ0v) is 12.6. The molecule has 0 radical (unpaired) electrons.